The van der Waals surface area contributed by atoms with Gasteiger partial charge in [0.05, 0.1) is 0 Å². The number of para-hydroxylation sites is 1. The Morgan fingerprint density at radius 2 is 1.89 bits per heavy atom. The van der Waals surface area contributed by atoms with E-state index in [0.717, 1.165) is 12.6 Å². The third-order valence-electron chi connectivity index (χ3n) is 3.94. The number of nitrogens with one attached hydrogen (secondary N) is 1. The molecule has 0 amide bonds. The van der Waals surface area contributed by atoms with Gasteiger partial charge in [-0.1, -0.05) is 44.9 Å². The summed E-state index contributed by atoms with van der Waals surface area (Å²) in [5, 5.41) is 3.52. The maximum absolute atomic E-state index is 3.52. The highest BCUT2D eigenvalue weighted by Gasteiger charge is 2.21. The fourth-order valence-electron chi connectivity index (χ4n) is 2.81. The van der Waals surface area contributed by atoms with Gasteiger partial charge in [0, 0.05) is 31.4 Å². The minimum absolute atomic E-state index is 0.537. The molecule has 100 valence electrons. The van der Waals surface area contributed by atoms with E-state index in [1.54, 1.807) is 0 Å². The molecular weight excluding hydrogens is 220 g/mol. The fourth-order valence-corrected chi connectivity index (χ4v) is 2.81. The molecule has 0 heterocycles. The average Bonchev–Trinajstić information content (AvgIpc) is 2.89. The number of anilines is 1. The van der Waals surface area contributed by atoms with Gasteiger partial charge >= 0.3 is 0 Å². The zero-order valence-corrected chi connectivity index (χ0v) is 11.9. The Bertz CT molecular complexity index is 367. The Kier molecular flexibility index (Phi) is 4.65. The van der Waals surface area contributed by atoms with Crippen LogP contribution in [0.2, 0.25) is 0 Å². The summed E-state index contributed by atoms with van der Waals surface area (Å²) >= 11 is 0. The van der Waals surface area contributed by atoms with E-state index >= 15 is 0 Å². The number of hydrogen-bond acceptors (Lipinski definition) is 2. The van der Waals surface area contributed by atoms with Crippen LogP contribution in [0.15, 0.2) is 24.3 Å². The minimum atomic E-state index is 0.537. The lowest BCUT2D eigenvalue weighted by atomic mass is 10.1. The monoisotopic (exact) mass is 246 g/mol. The summed E-state index contributed by atoms with van der Waals surface area (Å²) in [4.78, 5) is 2.49. The van der Waals surface area contributed by atoms with Gasteiger partial charge in [-0.05, 0) is 24.5 Å². The molecule has 1 aliphatic rings. The van der Waals surface area contributed by atoms with Crippen LogP contribution in [0.4, 0.5) is 5.69 Å². The average molecular weight is 246 g/mol. The molecule has 18 heavy (non-hydrogen) atoms. The molecule has 1 aromatic rings. The van der Waals surface area contributed by atoms with Crippen molar-refractivity contribution >= 4 is 5.69 Å². The van der Waals surface area contributed by atoms with E-state index in [4.69, 9.17) is 0 Å². The van der Waals surface area contributed by atoms with Crippen LogP contribution in [-0.4, -0.2) is 19.1 Å². The molecule has 0 aromatic heterocycles. The fraction of sp³-hybridized carbons (Fsp3) is 0.625. The van der Waals surface area contributed by atoms with Crippen LogP contribution < -0.4 is 10.2 Å². The van der Waals surface area contributed by atoms with Gasteiger partial charge in [0.1, 0.15) is 0 Å². The van der Waals surface area contributed by atoms with Gasteiger partial charge in [0.15, 0.2) is 0 Å². The summed E-state index contributed by atoms with van der Waals surface area (Å²) in [7, 11) is 2.25. The third-order valence-corrected chi connectivity index (χ3v) is 3.94. The van der Waals surface area contributed by atoms with Crippen LogP contribution >= 0.6 is 0 Å². The summed E-state index contributed by atoms with van der Waals surface area (Å²) in [5.41, 5.74) is 2.82. The first kappa shape index (κ1) is 13.4. The van der Waals surface area contributed by atoms with Crippen LogP contribution in [0.3, 0.4) is 0 Å². The van der Waals surface area contributed by atoms with Crippen LogP contribution in [0.25, 0.3) is 0 Å². The molecule has 1 aliphatic carbocycles. The summed E-state index contributed by atoms with van der Waals surface area (Å²) in [6.07, 6.45) is 5.48. The Labute approximate surface area is 111 Å². The van der Waals surface area contributed by atoms with Gasteiger partial charge in [-0.3, -0.25) is 0 Å². The van der Waals surface area contributed by atoms with Crippen molar-refractivity contribution in [3.63, 3.8) is 0 Å². The molecule has 2 heteroatoms. The van der Waals surface area contributed by atoms with E-state index in [1.807, 2.05) is 0 Å². The van der Waals surface area contributed by atoms with Crippen molar-refractivity contribution in [1.29, 1.82) is 0 Å². The predicted molar refractivity (Wildman–Crippen MR) is 79.1 cm³/mol. The zero-order valence-electron chi connectivity index (χ0n) is 11.9. The van der Waals surface area contributed by atoms with Crippen molar-refractivity contribution in [3.05, 3.63) is 29.8 Å². The van der Waals surface area contributed by atoms with Crippen LogP contribution in [0.5, 0.6) is 0 Å². The van der Waals surface area contributed by atoms with E-state index in [2.05, 4.69) is 55.4 Å². The first-order chi connectivity index (χ1) is 8.68. The summed E-state index contributed by atoms with van der Waals surface area (Å²) in [6, 6.07) is 10.1. The molecule has 1 saturated carbocycles. The quantitative estimate of drug-likeness (QED) is 0.854. The molecule has 0 saturated heterocycles. The molecular formula is C16H26N2. The smallest absolute Gasteiger partial charge is 0.0411 e. The third kappa shape index (κ3) is 3.26. The van der Waals surface area contributed by atoms with Crippen molar-refractivity contribution in [2.45, 2.75) is 58.2 Å². The van der Waals surface area contributed by atoms with E-state index in [-0.39, 0.29) is 0 Å². The van der Waals surface area contributed by atoms with Crippen molar-refractivity contribution in [3.8, 4) is 0 Å². The first-order valence-electron chi connectivity index (χ1n) is 7.22. The summed E-state index contributed by atoms with van der Waals surface area (Å²) in [5.74, 6) is 0. The largest absolute Gasteiger partial charge is 0.371 e. The Morgan fingerprint density at radius 1 is 1.22 bits per heavy atom. The molecule has 2 rings (SSSR count). The molecule has 0 radical (unpaired) electrons. The molecule has 0 unspecified atom stereocenters. The molecule has 1 fully saturated rings. The summed E-state index contributed by atoms with van der Waals surface area (Å²) in [6.45, 7) is 5.36. The van der Waals surface area contributed by atoms with Crippen molar-refractivity contribution in [1.82, 2.24) is 5.32 Å². The molecule has 2 nitrogen and oxygen atoms in total. The lowest BCUT2D eigenvalue weighted by Crippen LogP contribution is -2.31. The van der Waals surface area contributed by atoms with Gasteiger partial charge < -0.3 is 10.2 Å². The number of nitrogens with zero attached hydrogens (tertiary/aromatic N) is 1. The lowest BCUT2D eigenvalue weighted by Gasteiger charge is -2.29. The van der Waals surface area contributed by atoms with Gasteiger partial charge in [-0.25, -0.2) is 0 Å². The van der Waals surface area contributed by atoms with Gasteiger partial charge in [-0.2, -0.15) is 0 Å². The highest BCUT2D eigenvalue weighted by molar-refractivity contribution is 5.54. The van der Waals surface area contributed by atoms with Crippen LogP contribution in [0.1, 0.15) is 45.1 Å². The maximum atomic E-state index is 3.52. The molecule has 0 spiro atoms. The van der Waals surface area contributed by atoms with Crippen LogP contribution in [-0.2, 0) is 6.54 Å². The highest BCUT2D eigenvalue weighted by atomic mass is 15.1. The minimum Gasteiger partial charge on any atom is -0.371 e. The second-order valence-corrected chi connectivity index (χ2v) is 5.71. The SMILES string of the molecule is CC(C)NCc1ccccc1N(C)C1CCCC1. The first-order valence-corrected chi connectivity index (χ1v) is 7.22. The normalized spacial score (nSPS) is 16.4. The highest BCUT2D eigenvalue weighted by Crippen LogP contribution is 2.29. The Hall–Kier alpha value is -1.02. The molecule has 0 aliphatic heterocycles. The van der Waals surface area contributed by atoms with Crippen molar-refractivity contribution < 1.29 is 0 Å². The Morgan fingerprint density at radius 3 is 2.56 bits per heavy atom. The second kappa shape index (κ2) is 6.24. The van der Waals surface area contributed by atoms with E-state index in [9.17, 15) is 0 Å². The molecule has 1 N–H and O–H groups in total. The molecule has 0 atom stereocenters. The lowest BCUT2D eigenvalue weighted by molar-refractivity contribution is 0.584. The molecule has 1 aromatic carbocycles. The van der Waals surface area contributed by atoms with E-state index in [1.165, 1.54) is 36.9 Å². The van der Waals surface area contributed by atoms with Gasteiger partial charge in [-0.15, -0.1) is 0 Å². The van der Waals surface area contributed by atoms with Crippen LogP contribution in [0, 0.1) is 0 Å². The Balaban J connectivity index is 2.10. The number of hydrogen-bond donors (Lipinski definition) is 1. The van der Waals surface area contributed by atoms with Crippen molar-refractivity contribution in [2.75, 3.05) is 11.9 Å². The number of benzene rings is 1. The van der Waals surface area contributed by atoms with Gasteiger partial charge in [0.2, 0.25) is 0 Å². The van der Waals surface area contributed by atoms with E-state index in [0.29, 0.717) is 6.04 Å². The van der Waals surface area contributed by atoms with Gasteiger partial charge in [0.25, 0.3) is 0 Å². The topological polar surface area (TPSA) is 15.3 Å². The standard InChI is InChI=1S/C16H26N2/c1-13(2)17-12-14-8-4-7-11-16(14)18(3)15-9-5-6-10-15/h4,7-8,11,13,15,17H,5-6,9-10,12H2,1-3H3. The molecule has 0 bridgehead atoms. The van der Waals surface area contributed by atoms with E-state index < -0.39 is 0 Å². The summed E-state index contributed by atoms with van der Waals surface area (Å²) < 4.78 is 0. The predicted octanol–water partition coefficient (Wildman–Crippen LogP) is 3.56. The van der Waals surface area contributed by atoms with Crippen molar-refractivity contribution in [2.24, 2.45) is 0 Å². The second-order valence-electron chi connectivity index (χ2n) is 5.71. The maximum Gasteiger partial charge on any atom is 0.0411 e. The number of rotatable bonds is 5. The zero-order chi connectivity index (χ0) is 13.0.